The van der Waals surface area contributed by atoms with E-state index in [1.807, 2.05) is 0 Å². The predicted molar refractivity (Wildman–Crippen MR) is 139 cm³/mol. The molecule has 15 heteroatoms. The zero-order chi connectivity index (χ0) is 27.3. The van der Waals surface area contributed by atoms with Gasteiger partial charge in [-0.1, -0.05) is 6.58 Å². The number of likely N-dealkylation sites (N-methyl/N-ethyl adjacent to an activating group) is 1. The Labute approximate surface area is 219 Å². The van der Waals surface area contributed by atoms with E-state index in [0.717, 1.165) is 6.08 Å². The van der Waals surface area contributed by atoms with Crippen LogP contribution in [0.5, 0.6) is 0 Å². The maximum atomic E-state index is 11.3. The molecule has 3 aromatic rings. The molecule has 0 spiro atoms. The van der Waals surface area contributed by atoms with Crippen LogP contribution in [0.15, 0.2) is 47.5 Å². The van der Waals surface area contributed by atoms with Crippen molar-refractivity contribution in [3.05, 3.63) is 42.9 Å². The van der Waals surface area contributed by atoms with Gasteiger partial charge in [-0.3, -0.25) is 0 Å². The summed E-state index contributed by atoms with van der Waals surface area (Å²) in [5.41, 5.74) is 0.503. The number of nitrogens with one attached hydrogen (secondary N) is 2. The summed E-state index contributed by atoms with van der Waals surface area (Å²) in [6, 6.07) is 3.73. The Morgan fingerprint density at radius 1 is 1.26 bits per heavy atom. The molecule has 0 saturated heterocycles. The van der Waals surface area contributed by atoms with Gasteiger partial charge in [0.05, 0.1) is 12.7 Å². The molecule has 3 heterocycles. The lowest BCUT2D eigenvalue weighted by atomic mass is 10.3. The van der Waals surface area contributed by atoms with Gasteiger partial charge in [-0.25, -0.2) is 19.4 Å². The van der Waals surface area contributed by atoms with Crippen molar-refractivity contribution in [2.75, 3.05) is 63.0 Å². The molecule has 0 atom stereocenters. The molecule has 3 rings (SSSR count). The SMILES string of the molecule is C=CC(=O)OCCN(C)c1nc(NC)c(N=Nc2nn(-c3ncccn3)cc2C#N)c(NCCCOC)n1. The number of nitrogens with zero attached hydrogens (tertiary/aromatic N) is 10. The van der Waals surface area contributed by atoms with Crippen molar-refractivity contribution in [3.63, 3.8) is 0 Å². The molecule has 0 radical (unpaired) electrons. The van der Waals surface area contributed by atoms with Crippen LogP contribution in [-0.4, -0.2) is 83.2 Å². The average Bonchev–Trinajstić information content (AvgIpc) is 3.37. The molecular formula is C23H28N12O3. The van der Waals surface area contributed by atoms with Crippen LogP contribution >= 0.6 is 0 Å². The molecule has 38 heavy (non-hydrogen) atoms. The predicted octanol–water partition coefficient (Wildman–Crippen LogP) is 2.39. The summed E-state index contributed by atoms with van der Waals surface area (Å²) in [5.74, 6) is 1.00. The van der Waals surface area contributed by atoms with Crippen LogP contribution in [0, 0.1) is 11.3 Å². The Kier molecular flexibility index (Phi) is 10.1. The second-order valence-corrected chi connectivity index (χ2v) is 7.56. The Morgan fingerprint density at radius 2 is 2.03 bits per heavy atom. The Balaban J connectivity index is 1.93. The molecule has 0 aromatic carbocycles. The molecule has 2 N–H and O–H groups in total. The first kappa shape index (κ1) is 27.6. The second kappa shape index (κ2) is 13.9. The van der Waals surface area contributed by atoms with Crippen LogP contribution in [0.25, 0.3) is 5.95 Å². The van der Waals surface area contributed by atoms with Gasteiger partial charge in [0.25, 0.3) is 5.95 Å². The van der Waals surface area contributed by atoms with E-state index in [1.165, 1.54) is 10.9 Å². The lowest BCUT2D eigenvalue weighted by Gasteiger charge is -2.20. The maximum absolute atomic E-state index is 11.3. The third-order valence-corrected chi connectivity index (χ3v) is 4.92. The Bertz CT molecular complexity index is 1300. The van der Waals surface area contributed by atoms with Crippen molar-refractivity contribution in [2.45, 2.75) is 6.42 Å². The van der Waals surface area contributed by atoms with Crippen LogP contribution in [0.3, 0.4) is 0 Å². The van der Waals surface area contributed by atoms with Gasteiger partial charge in [-0.2, -0.15) is 15.2 Å². The van der Waals surface area contributed by atoms with Gasteiger partial charge in [-0.05, 0) is 12.5 Å². The number of carbonyl (C=O) groups excluding carboxylic acids is 1. The molecule has 0 amide bonds. The number of hydrogen-bond donors (Lipinski definition) is 2. The summed E-state index contributed by atoms with van der Waals surface area (Å²) in [5, 5.41) is 28.6. The lowest BCUT2D eigenvalue weighted by molar-refractivity contribution is -0.137. The smallest absolute Gasteiger partial charge is 0.330 e. The highest BCUT2D eigenvalue weighted by atomic mass is 16.5. The number of aromatic nitrogens is 6. The number of carbonyl (C=O) groups is 1. The summed E-state index contributed by atoms with van der Waals surface area (Å²) < 4.78 is 11.5. The molecular weight excluding hydrogens is 492 g/mol. The number of esters is 1. The first-order chi connectivity index (χ1) is 18.5. The number of nitriles is 1. The molecule has 0 fully saturated rings. The standard InChI is InChI=1S/C23H28N12O3/c1-5-17(36)38-13-11-34(3)23-29-20(25-2)18(21(30-23)26-10-7-12-37-4)31-32-19-16(14-24)15-35(33-19)22-27-8-6-9-28-22/h5-6,8-9,15H,1,7,10-13H2,2-4H3,(H2,25,26,29,30). The Hall–Kier alpha value is -4.97. The molecule has 0 unspecified atom stereocenters. The molecule has 0 aliphatic carbocycles. The summed E-state index contributed by atoms with van der Waals surface area (Å²) >= 11 is 0. The number of anilines is 3. The number of ether oxygens (including phenoxy) is 2. The fourth-order valence-electron chi connectivity index (χ4n) is 3.00. The third kappa shape index (κ3) is 7.27. The molecule has 0 bridgehead atoms. The van der Waals surface area contributed by atoms with E-state index < -0.39 is 5.97 Å². The van der Waals surface area contributed by atoms with Crippen molar-refractivity contribution < 1.29 is 14.3 Å². The molecule has 0 aliphatic rings. The van der Waals surface area contributed by atoms with Crippen LogP contribution in [0.4, 0.5) is 29.1 Å². The number of rotatable bonds is 14. The van der Waals surface area contributed by atoms with Gasteiger partial charge in [0.2, 0.25) is 11.8 Å². The largest absolute Gasteiger partial charge is 0.461 e. The second-order valence-electron chi connectivity index (χ2n) is 7.56. The van der Waals surface area contributed by atoms with Gasteiger partial charge >= 0.3 is 5.97 Å². The topological polar surface area (TPSA) is 181 Å². The van der Waals surface area contributed by atoms with Crippen molar-refractivity contribution in [1.29, 1.82) is 5.26 Å². The fraction of sp³-hybridized carbons (Fsp3) is 0.348. The van der Waals surface area contributed by atoms with E-state index in [0.29, 0.717) is 49.4 Å². The minimum atomic E-state index is -0.510. The van der Waals surface area contributed by atoms with E-state index in [9.17, 15) is 10.1 Å². The third-order valence-electron chi connectivity index (χ3n) is 4.92. The quantitative estimate of drug-likeness (QED) is 0.137. The van der Waals surface area contributed by atoms with Gasteiger partial charge in [0.1, 0.15) is 18.2 Å². The molecule has 0 aliphatic heterocycles. The molecule has 3 aromatic heterocycles. The highest BCUT2D eigenvalue weighted by molar-refractivity contribution is 5.81. The van der Waals surface area contributed by atoms with E-state index >= 15 is 0 Å². The minimum absolute atomic E-state index is 0.0811. The normalized spacial score (nSPS) is 10.7. The van der Waals surface area contributed by atoms with Crippen molar-refractivity contribution in [3.8, 4) is 12.0 Å². The maximum Gasteiger partial charge on any atom is 0.330 e. The number of methoxy groups -OCH3 is 1. The first-order valence-electron chi connectivity index (χ1n) is 11.5. The van der Waals surface area contributed by atoms with Crippen molar-refractivity contribution in [1.82, 2.24) is 29.7 Å². The number of azo groups is 1. The summed E-state index contributed by atoms with van der Waals surface area (Å²) in [4.78, 5) is 30.5. The van der Waals surface area contributed by atoms with E-state index in [-0.39, 0.29) is 23.9 Å². The highest BCUT2D eigenvalue weighted by Crippen LogP contribution is 2.34. The average molecular weight is 521 g/mol. The van der Waals surface area contributed by atoms with Crippen LogP contribution < -0.4 is 15.5 Å². The van der Waals surface area contributed by atoms with E-state index in [2.05, 4.69) is 58.5 Å². The summed E-state index contributed by atoms with van der Waals surface area (Å²) in [6.45, 7) is 4.95. The highest BCUT2D eigenvalue weighted by Gasteiger charge is 2.18. The van der Waals surface area contributed by atoms with Crippen molar-refractivity contribution >= 4 is 35.1 Å². The molecule has 198 valence electrons. The fourth-order valence-corrected chi connectivity index (χ4v) is 3.00. The summed E-state index contributed by atoms with van der Waals surface area (Å²) in [7, 11) is 5.08. The zero-order valence-corrected chi connectivity index (χ0v) is 21.3. The van der Waals surface area contributed by atoms with Gasteiger partial charge in [-0.15, -0.1) is 15.3 Å². The van der Waals surface area contributed by atoms with Crippen LogP contribution in [0.2, 0.25) is 0 Å². The zero-order valence-electron chi connectivity index (χ0n) is 21.3. The molecule has 15 nitrogen and oxygen atoms in total. The van der Waals surface area contributed by atoms with Gasteiger partial charge < -0.3 is 25.0 Å². The van der Waals surface area contributed by atoms with Gasteiger partial charge in [0, 0.05) is 52.8 Å². The van der Waals surface area contributed by atoms with Crippen molar-refractivity contribution in [2.24, 2.45) is 10.2 Å². The lowest BCUT2D eigenvalue weighted by Crippen LogP contribution is -2.26. The summed E-state index contributed by atoms with van der Waals surface area (Å²) in [6.07, 6.45) is 6.43. The van der Waals surface area contributed by atoms with Crippen LogP contribution in [-0.2, 0) is 14.3 Å². The van der Waals surface area contributed by atoms with Gasteiger partial charge in [0.15, 0.2) is 17.3 Å². The van der Waals surface area contributed by atoms with Crippen LogP contribution in [0.1, 0.15) is 12.0 Å². The minimum Gasteiger partial charge on any atom is -0.461 e. The monoisotopic (exact) mass is 520 g/mol. The number of hydrogen-bond acceptors (Lipinski definition) is 14. The Morgan fingerprint density at radius 3 is 2.71 bits per heavy atom. The van der Waals surface area contributed by atoms with E-state index in [4.69, 9.17) is 9.47 Å². The molecule has 0 saturated carbocycles. The first-order valence-corrected chi connectivity index (χ1v) is 11.5. The van der Waals surface area contributed by atoms with E-state index in [1.54, 1.807) is 44.6 Å².